The quantitative estimate of drug-likeness (QED) is 0.621. The molecule has 0 saturated heterocycles. The van der Waals surface area contributed by atoms with Crippen LogP contribution in [0.15, 0.2) is 33.5 Å². The van der Waals surface area contributed by atoms with E-state index in [0.29, 0.717) is 12.5 Å². The average molecular weight is 370 g/mol. The summed E-state index contributed by atoms with van der Waals surface area (Å²) < 4.78 is 24.2. The largest absolute Gasteiger partial charge is 0.415 e. The number of hydrogen-bond acceptors (Lipinski definition) is 3. The first-order valence-corrected chi connectivity index (χ1v) is 13.5. The summed E-state index contributed by atoms with van der Waals surface area (Å²) in [6, 6.07) is 7.77. The van der Waals surface area contributed by atoms with E-state index in [1.165, 1.54) is 0 Å². The third kappa shape index (κ3) is 5.71. The van der Waals surface area contributed by atoms with Crippen molar-refractivity contribution in [1.82, 2.24) is 0 Å². The first-order valence-electron chi connectivity index (χ1n) is 8.68. The summed E-state index contributed by atoms with van der Waals surface area (Å²) in [5, 5.41) is 0.166. The lowest BCUT2D eigenvalue weighted by atomic mass is 10.1. The molecular formula is C19H35NO2SSi. The number of nitrogens with zero attached hydrogens (tertiary/aromatic N) is 1. The van der Waals surface area contributed by atoms with Crippen molar-refractivity contribution >= 4 is 18.0 Å². The summed E-state index contributed by atoms with van der Waals surface area (Å²) in [5.41, 5.74) is 1.16. The Morgan fingerprint density at radius 3 is 2.08 bits per heavy atom. The van der Waals surface area contributed by atoms with Crippen molar-refractivity contribution in [2.45, 2.75) is 70.6 Å². The maximum absolute atomic E-state index is 13.1. The Bertz CT molecular complexity index is 651. The van der Waals surface area contributed by atoms with Gasteiger partial charge < -0.3 is 4.43 Å². The zero-order chi connectivity index (χ0) is 18.8. The van der Waals surface area contributed by atoms with Crippen molar-refractivity contribution < 1.29 is 8.63 Å². The van der Waals surface area contributed by atoms with E-state index in [1.807, 2.05) is 31.2 Å². The highest BCUT2D eigenvalue weighted by Gasteiger charge is 2.37. The van der Waals surface area contributed by atoms with Crippen molar-refractivity contribution in [2.75, 3.05) is 12.9 Å². The third-order valence-electron chi connectivity index (χ3n) is 4.99. The smallest absolute Gasteiger partial charge is 0.192 e. The molecule has 0 aromatic heterocycles. The van der Waals surface area contributed by atoms with Crippen LogP contribution in [0.25, 0.3) is 0 Å². The number of benzene rings is 1. The maximum Gasteiger partial charge on any atom is 0.192 e. The van der Waals surface area contributed by atoms with Gasteiger partial charge in [0.05, 0.1) is 22.4 Å². The molecule has 0 N–H and O–H groups in total. The van der Waals surface area contributed by atoms with Crippen LogP contribution in [-0.4, -0.2) is 31.4 Å². The van der Waals surface area contributed by atoms with Gasteiger partial charge in [0.25, 0.3) is 0 Å². The molecule has 5 heteroatoms. The second-order valence-corrected chi connectivity index (χ2v) is 15.7. The summed E-state index contributed by atoms with van der Waals surface area (Å²) in [4.78, 5) is 0.797. The van der Waals surface area contributed by atoms with Gasteiger partial charge in [-0.2, -0.15) is 0 Å². The Hall–Kier alpha value is -0.653. The van der Waals surface area contributed by atoms with Crippen molar-refractivity contribution in [3.05, 3.63) is 29.8 Å². The van der Waals surface area contributed by atoms with Gasteiger partial charge in [-0.05, 0) is 43.1 Å². The Kier molecular flexibility index (Phi) is 6.87. The van der Waals surface area contributed by atoms with Gasteiger partial charge in [0.1, 0.15) is 0 Å². The van der Waals surface area contributed by atoms with Crippen molar-refractivity contribution in [3.63, 3.8) is 0 Å². The summed E-state index contributed by atoms with van der Waals surface area (Å²) >= 11 is 0. The van der Waals surface area contributed by atoms with E-state index in [2.05, 4.69) is 47.7 Å². The zero-order valence-electron chi connectivity index (χ0n) is 16.8. The molecule has 0 fully saturated rings. The van der Waals surface area contributed by atoms with Crippen LogP contribution in [-0.2, 0) is 14.2 Å². The lowest BCUT2D eigenvalue weighted by Gasteiger charge is -2.37. The molecule has 24 heavy (non-hydrogen) atoms. The van der Waals surface area contributed by atoms with Gasteiger partial charge in [-0.1, -0.05) is 52.3 Å². The summed E-state index contributed by atoms with van der Waals surface area (Å²) in [5.74, 6) is 0.293. The molecule has 3 nitrogen and oxygen atoms in total. The first-order chi connectivity index (χ1) is 10.8. The van der Waals surface area contributed by atoms with E-state index in [4.69, 9.17) is 8.79 Å². The van der Waals surface area contributed by atoms with Crippen LogP contribution in [0.4, 0.5) is 0 Å². The molecule has 0 radical (unpaired) electrons. The fourth-order valence-corrected chi connectivity index (χ4v) is 4.57. The van der Waals surface area contributed by atoms with Crippen molar-refractivity contribution in [1.29, 1.82) is 0 Å². The molecular weight excluding hydrogens is 334 g/mol. The van der Waals surface area contributed by atoms with Crippen LogP contribution in [0.1, 0.15) is 40.2 Å². The second kappa shape index (κ2) is 7.71. The molecule has 2 atom stereocenters. The molecule has 0 aliphatic carbocycles. The van der Waals surface area contributed by atoms with Gasteiger partial charge >= 0.3 is 0 Å². The van der Waals surface area contributed by atoms with Crippen LogP contribution in [0.3, 0.4) is 0 Å². The fourth-order valence-electron chi connectivity index (χ4n) is 1.96. The van der Waals surface area contributed by atoms with Gasteiger partial charge in [-0.15, -0.1) is 0 Å². The Morgan fingerprint density at radius 2 is 1.67 bits per heavy atom. The minimum absolute atomic E-state index is 0.0575. The lowest BCUT2D eigenvalue weighted by molar-refractivity contribution is 0.240. The molecule has 0 heterocycles. The van der Waals surface area contributed by atoms with E-state index >= 15 is 0 Å². The maximum atomic E-state index is 13.1. The minimum Gasteiger partial charge on any atom is -0.415 e. The lowest BCUT2D eigenvalue weighted by Crippen LogP contribution is -2.43. The Balaban J connectivity index is 3.04. The van der Waals surface area contributed by atoms with Gasteiger partial charge in [-0.25, -0.2) is 8.57 Å². The fraction of sp³-hybridized carbons (Fsp3) is 0.684. The van der Waals surface area contributed by atoms with Crippen LogP contribution >= 0.6 is 0 Å². The molecule has 1 aromatic carbocycles. The normalized spacial score (nSPS) is 16.8. The predicted molar refractivity (Wildman–Crippen MR) is 108 cm³/mol. The zero-order valence-corrected chi connectivity index (χ0v) is 18.7. The van der Waals surface area contributed by atoms with Gasteiger partial charge in [0.2, 0.25) is 0 Å². The molecule has 1 rings (SSSR count). The summed E-state index contributed by atoms with van der Waals surface area (Å²) in [6.07, 6.45) is 1.74. The highest BCUT2D eigenvalue weighted by Crippen LogP contribution is 2.37. The van der Waals surface area contributed by atoms with E-state index in [1.54, 1.807) is 6.26 Å². The molecule has 1 aromatic rings. The molecule has 0 aliphatic rings. The van der Waals surface area contributed by atoms with E-state index in [0.717, 1.165) is 10.5 Å². The Labute approximate surface area is 150 Å². The first kappa shape index (κ1) is 21.4. The van der Waals surface area contributed by atoms with Crippen LogP contribution in [0, 0.1) is 12.8 Å². The van der Waals surface area contributed by atoms with Crippen molar-refractivity contribution in [2.24, 2.45) is 10.3 Å². The standard InChI is InChI=1S/C19H35NO2SSi/c1-15(2)18(14-22-24(8,9)19(4,5)6)20-23(7,21)17-12-10-16(3)11-13-17/h10-13,15,18H,14H2,1-9H3/t18-,23?/m0/s1. The van der Waals surface area contributed by atoms with Gasteiger partial charge in [0.15, 0.2) is 8.32 Å². The Morgan fingerprint density at radius 1 is 1.17 bits per heavy atom. The average Bonchev–Trinajstić information content (AvgIpc) is 2.42. The monoisotopic (exact) mass is 369 g/mol. The van der Waals surface area contributed by atoms with Crippen LogP contribution in [0.5, 0.6) is 0 Å². The van der Waals surface area contributed by atoms with E-state index < -0.39 is 18.0 Å². The number of aryl methyl sites for hydroxylation is 1. The van der Waals surface area contributed by atoms with Gasteiger partial charge in [-0.3, -0.25) is 0 Å². The van der Waals surface area contributed by atoms with Crippen LogP contribution < -0.4 is 0 Å². The predicted octanol–water partition coefficient (Wildman–Crippen LogP) is 5.50. The third-order valence-corrected chi connectivity index (χ3v) is 11.3. The molecule has 138 valence electrons. The number of rotatable bonds is 6. The molecule has 0 bridgehead atoms. The molecule has 0 spiro atoms. The minimum atomic E-state index is -2.41. The molecule has 1 unspecified atom stereocenters. The topological polar surface area (TPSA) is 38.7 Å². The second-order valence-electron chi connectivity index (χ2n) is 8.60. The highest BCUT2D eigenvalue weighted by atomic mass is 32.2. The highest BCUT2D eigenvalue weighted by molar-refractivity contribution is 7.93. The van der Waals surface area contributed by atoms with Crippen LogP contribution in [0.2, 0.25) is 18.1 Å². The molecule has 0 aliphatic heterocycles. The summed E-state index contributed by atoms with van der Waals surface area (Å²) in [6.45, 7) is 18.0. The van der Waals surface area contributed by atoms with E-state index in [9.17, 15) is 4.21 Å². The molecule has 0 saturated carbocycles. The number of hydrogen-bond donors (Lipinski definition) is 0. The molecule has 0 amide bonds. The van der Waals surface area contributed by atoms with Gasteiger partial charge in [0, 0.05) is 11.2 Å². The van der Waals surface area contributed by atoms with Crippen molar-refractivity contribution in [3.8, 4) is 0 Å². The SMILES string of the molecule is Cc1ccc(S(C)(=O)=N[C@@H](CO[Si](C)(C)C(C)(C)C)C(C)C)cc1. The van der Waals surface area contributed by atoms with E-state index in [-0.39, 0.29) is 11.1 Å². The summed E-state index contributed by atoms with van der Waals surface area (Å²) in [7, 11) is -4.24.